The number of aryl methyl sites for hydroxylation is 1. The van der Waals surface area contributed by atoms with Crippen LogP contribution in [0.5, 0.6) is 5.75 Å². The van der Waals surface area contributed by atoms with Crippen molar-refractivity contribution >= 4 is 17.6 Å². The minimum Gasteiger partial charge on any atom is -0.493 e. The van der Waals surface area contributed by atoms with Crippen molar-refractivity contribution in [2.24, 2.45) is 0 Å². The molecule has 1 atom stereocenters. The lowest BCUT2D eigenvalue weighted by Gasteiger charge is -2.26. The summed E-state index contributed by atoms with van der Waals surface area (Å²) in [5, 5.41) is 8.72. The van der Waals surface area contributed by atoms with Crippen molar-refractivity contribution in [3.63, 3.8) is 0 Å². The monoisotopic (exact) mass is 301 g/mol. The first kappa shape index (κ1) is 14.1. The average molecular weight is 301 g/mol. The van der Waals surface area contributed by atoms with Gasteiger partial charge in [-0.05, 0) is 13.0 Å². The second-order valence-electron chi connectivity index (χ2n) is 4.98. The molecule has 0 saturated carbocycles. The zero-order valence-corrected chi connectivity index (χ0v) is 12.0. The van der Waals surface area contributed by atoms with Crippen LogP contribution in [0.1, 0.15) is 23.8 Å². The summed E-state index contributed by atoms with van der Waals surface area (Å²) in [4.78, 5) is 23.9. The molecule has 22 heavy (non-hydrogen) atoms. The van der Waals surface area contributed by atoms with Crippen LogP contribution in [0.2, 0.25) is 0 Å². The van der Waals surface area contributed by atoms with Gasteiger partial charge in [-0.15, -0.1) is 0 Å². The van der Waals surface area contributed by atoms with Gasteiger partial charge in [0.25, 0.3) is 0 Å². The minimum atomic E-state index is -0.780. The van der Waals surface area contributed by atoms with Crippen LogP contribution in [0.15, 0.2) is 34.9 Å². The molecule has 0 unspecified atom stereocenters. The maximum absolute atomic E-state index is 12.0. The third-order valence-electron chi connectivity index (χ3n) is 3.34. The Balaban J connectivity index is 1.66. The molecular formula is C15H15N3O4. The predicted octanol–water partition coefficient (Wildman–Crippen LogP) is 1.56. The summed E-state index contributed by atoms with van der Waals surface area (Å²) in [7, 11) is 0. The molecule has 0 spiro atoms. The molecule has 2 aromatic rings. The van der Waals surface area contributed by atoms with E-state index in [9.17, 15) is 9.59 Å². The summed E-state index contributed by atoms with van der Waals surface area (Å²) in [6.07, 6.45) is 0.610. The number of carbonyl (C=O) groups is 2. The van der Waals surface area contributed by atoms with E-state index < -0.39 is 11.8 Å². The number of fused-ring (bicyclic) bond motifs is 1. The van der Waals surface area contributed by atoms with Crippen LogP contribution in [-0.4, -0.2) is 23.6 Å². The van der Waals surface area contributed by atoms with E-state index in [0.717, 1.165) is 11.3 Å². The molecule has 0 radical (unpaired) electrons. The number of ether oxygens (including phenoxy) is 1. The number of nitrogens with zero attached hydrogens (tertiary/aromatic N) is 1. The highest BCUT2D eigenvalue weighted by molar-refractivity contribution is 6.39. The van der Waals surface area contributed by atoms with E-state index in [1.54, 1.807) is 6.92 Å². The number of amides is 2. The fourth-order valence-corrected chi connectivity index (χ4v) is 2.31. The van der Waals surface area contributed by atoms with E-state index in [-0.39, 0.29) is 11.9 Å². The summed E-state index contributed by atoms with van der Waals surface area (Å²) in [6, 6.07) is 8.73. The number of carbonyl (C=O) groups excluding carboxylic acids is 2. The molecule has 7 heteroatoms. The van der Waals surface area contributed by atoms with Crippen LogP contribution < -0.4 is 15.4 Å². The molecule has 7 nitrogen and oxygen atoms in total. The standard InChI is InChI=1S/C15H15N3O4/c1-9-8-13(18-22-9)17-15(20)14(19)16-11-6-7-21-12-5-3-2-4-10(11)12/h2-5,8,11H,6-7H2,1H3,(H,16,19)(H,17,18,20)/t11-/m1/s1. The molecule has 1 aromatic carbocycles. The zero-order chi connectivity index (χ0) is 15.5. The van der Waals surface area contributed by atoms with E-state index >= 15 is 0 Å². The second-order valence-corrected chi connectivity index (χ2v) is 4.98. The van der Waals surface area contributed by atoms with Crippen molar-refractivity contribution in [3.05, 3.63) is 41.7 Å². The van der Waals surface area contributed by atoms with Crippen LogP contribution in [-0.2, 0) is 9.59 Å². The van der Waals surface area contributed by atoms with Gasteiger partial charge in [0.05, 0.1) is 12.6 Å². The van der Waals surface area contributed by atoms with Crippen LogP contribution in [0.25, 0.3) is 0 Å². The van der Waals surface area contributed by atoms with Crippen LogP contribution in [0.3, 0.4) is 0 Å². The van der Waals surface area contributed by atoms with Crippen molar-refractivity contribution in [2.75, 3.05) is 11.9 Å². The average Bonchev–Trinajstić information content (AvgIpc) is 2.92. The Bertz CT molecular complexity index is 710. The fourth-order valence-electron chi connectivity index (χ4n) is 2.31. The molecule has 0 saturated heterocycles. The number of benzene rings is 1. The SMILES string of the molecule is Cc1cc(NC(=O)C(=O)N[C@@H]2CCOc3ccccc32)no1. The Labute approximate surface area is 126 Å². The fraction of sp³-hybridized carbons (Fsp3) is 0.267. The molecular weight excluding hydrogens is 286 g/mol. The van der Waals surface area contributed by atoms with Gasteiger partial charge < -0.3 is 14.6 Å². The van der Waals surface area contributed by atoms with Gasteiger partial charge in [-0.1, -0.05) is 23.4 Å². The third-order valence-corrected chi connectivity index (χ3v) is 3.34. The Kier molecular flexibility index (Phi) is 3.78. The molecule has 2 amide bonds. The third kappa shape index (κ3) is 2.93. The van der Waals surface area contributed by atoms with Gasteiger partial charge in [0, 0.05) is 18.1 Å². The van der Waals surface area contributed by atoms with Crippen LogP contribution in [0.4, 0.5) is 5.82 Å². The largest absolute Gasteiger partial charge is 0.493 e. The molecule has 2 N–H and O–H groups in total. The van der Waals surface area contributed by atoms with E-state index in [1.807, 2.05) is 24.3 Å². The summed E-state index contributed by atoms with van der Waals surface area (Å²) in [5.74, 6) is -0.00898. The number of para-hydroxylation sites is 1. The molecule has 1 aliphatic heterocycles. The van der Waals surface area contributed by atoms with Crippen LogP contribution >= 0.6 is 0 Å². The zero-order valence-electron chi connectivity index (χ0n) is 12.0. The van der Waals surface area contributed by atoms with Crippen molar-refractivity contribution in [1.29, 1.82) is 0 Å². The Morgan fingerprint density at radius 1 is 1.27 bits per heavy atom. The maximum Gasteiger partial charge on any atom is 0.314 e. The number of hydrogen-bond acceptors (Lipinski definition) is 5. The summed E-state index contributed by atoms with van der Waals surface area (Å²) >= 11 is 0. The molecule has 114 valence electrons. The van der Waals surface area contributed by atoms with E-state index in [2.05, 4.69) is 15.8 Å². The number of nitrogens with one attached hydrogen (secondary N) is 2. The van der Waals surface area contributed by atoms with Gasteiger partial charge in [-0.2, -0.15) is 0 Å². The molecule has 0 bridgehead atoms. The highest BCUT2D eigenvalue weighted by Gasteiger charge is 2.25. The predicted molar refractivity (Wildman–Crippen MR) is 77.3 cm³/mol. The Hall–Kier alpha value is -2.83. The van der Waals surface area contributed by atoms with E-state index in [0.29, 0.717) is 18.8 Å². The highest BCUT2D eigenvalue weighted by atomic mass is 16.5. The molecule has 3 rings (SSSR count). The van der Waals surface area contributed by atoms with Gasteiger partial charge in [0.1, 0.15) is 11.5 Å². The molecule has 2 heterocycles. The lowest BCUT2D eigenvalue weighted by atomic mass is 10.0. The first-order valence-corrected chi connectivity index (χ1v) is 6.90. The summed E-state index contributed by atoms with van der Waals surface area (Å²) in [5.41, 5.74) is 0.868. The first-order valence-electron chi connectivity index (χ1n) is 6.90. The smallest absolute Gasteiger partial charge is 0.314 e. The number of anilines is 1. The molecule has 1 aromatic heterocycles. The van der Waals surface area contributed by atoms with Gasteiger partial charge in [0.15, 0.2) is 5.82 Å². The van der Waals surface area contributed by atoms with Gasteiger partial charge in [0.2, 0.25) is 0 Å². The second kappa shape index (κ2) is 5.88. The van der Waals surface area contributed by atoms with Crippen molar-refractivity contribution in [1.82, 2.24) is 10.5 Å². The van der Waals surface area contributed by atoms with Crippen molar-refractivity contribution in [2.45, 2.75) is 19.4 Å². The number of aromatic nitrogens is 1. The first-order chi connectivity index (χ1) is 10.6. The van der Waals surface area contributed by atoms with E-state index in [1.165, 1.54) is 6.07 Å². The quantitative estimate of drug-likeness (QED) is 0.821. The topological polar surface area (TPSA) is 93.5 Å². The number of rotatable bonds is 2. The normalized spacial score (nSPS) is 16.3. The number of hydrogen-bond donors (Lipinski definition) is 2. The van der Waals surface area contributed by atoms with Gasteiger partial charge in [-0.3, -0.25) is 14.9 Å². The van der Waals surface area contributed by atoms with Gasteiger partial charge >= 0.3 is 11.8 Å². The lowest BCUT2D eigenvalue weighted by Crippen LogP contribution is -2.39. The van der Waals surface area contributed by atoms with E-state index in [4.69, 9.17) is 9.26 Å². The molecule has 0 fully saturated rings. The minimum absolute atomic E-state index is 0.213. The lowest BCUT2D eigenvalue weighted by molar-refractivity contribution is -0.136. The van der Waals surface area contributed by atoms with Gasteiger partial charge in [-0.25, -0.2) is 0 Å². The summed E-state index contributed by atoms with van der Waals surface area (Å²) in [6.45, 7) is 2.19. The summed E-state index contributed by atoms with van der Waals surface area (Å²) < 4.78 is 10.3. The maximum atomic E-state index is 12.0. The molecule has 1 aliphatic rings. The Morgan fingerprint density at radius 2 is 2.09 bits per heavy atom. The Morgan fingerprint density at radius 3 is 2.86 bits per heavy atom. The highest BCUT2D eigenvalue weighted by Crippen LogP contribution is 2.31. The van der Waals surface area contributed by atoms with Crippen molar-refractivity contribution < 1.29 is 18.8 Å². The molecule has 0 aliphatic carbocycles. The van der Waals surface area contributed by atoms with Crippen molar-refractivity contribution in [3.8, 4) is 5.75 Å². The van der Waals surface area contributed by atoms with Crippen LogP contribution in [0, 0.1) is 6.92 Å².